The first kappa shape index (κ1) is 25.8. The first-order chi connectivity index (χ1) is 17.7. The third-order valence-corrected chi connectivity index (χ3v) is 5.82. The number of carbonyl (C=O) groups excluding carboxylic acids is 1. The molecule has 0 saturated heterocycles. The summed E-state index contributed by atoms with van der Waals surface area (Å²) in [5.74, 6) is -0.378. The molecule has 14 heteroatoms. The zero-order valence-corrected chi connectivity index (χ0v) is 21.4. The van der Waals surface area contributed by atoms with Crippen molar-refractivity contribution in [1.82, 2.24) is 25.0 Å². The van der Waals surface area contributed by atoms with E-state index in [-0.39, 0.29) is 28.8 Å². The van der Waals surface area contributed by atoms with Gasteiger partial charge in [0, 0.05) is 30.9 Å². The van der Waals surface area contributed by atoms with E-state index in [2.05, 4.69) is 25.6 Å². The van der Waals surface area contributed by atoms with Gasteiger partial charge in [0.2, 0.25) is 16.0 Å². The van der Waals surface area contributed by atoms with Gasteiger partial charge in [-0.1, -0.05) is 25.2 Å². The molecule has 0 saturated carbocycles. The van der Waals surface area contributed by atoms with Gasteiger partial charge in [0.15, 0.2) is 5.76 Å². The molecule has 0 aromatic carbocycles. The molecule has 0 bridgehead atoms. The van der Waals surface area contributed by atoms with Gasteiger partial charge in [-0.05, 0) is 12.1 Å². The van der Waals surface area contributed by atoms with Crippen molar-refractivity contribution in [2.45, 2.75) is 13.8 Å². The van der Waals surface area contributed by atoms with Crippen molar-refractivity contribution in [3.63, 3.8) is 0 Å². The highest BCUT2D eigenvalue weighted by Gasteiger charge is 2.26. The summed E-state index contributed by atoms with van der Waals surface area (Å²) in [6, 6.07) is 6.33. The predicted molar refractivity (Wildman–Crippen MR) is 135 cm³/mol. The minimum absolute atomic E-state index is 0.106. The van der Waals surface area contributed by atoms with E-state index in [4.69, 9.17) is 24.4 Å². The van der Waals surface area contributed by atoms with Crippen LogP contribution < -0.4 is 26.1 Å². The fourth-order valence-electron chi connectivity index (χ4n) is 3.35. The van der Waals surface area contributed by atoms with E-state index in [1.807, 2.05) is 13.8 Å². The maximum Gasteiger partial charge on any atom is 0.379 e. The van der Waals surface area contributed by atoms with Crippen molar-refractivity contribution >= 4 is 28.2 Å². The van der Waals surface area contributed by atoms with Crippen LogP contribution in [-0.2, 0) is 4.74 Å². The van der Waals surface area contributed by atoms with Crippen LogP contribution in [0, 0.1) is 5.41 Å². The Bertz CT molecular complexity index is 1460. The second-order valence-corrected chi connectivity index (χ2v) is 9.55. The van der Waals surface area contributed by atoms with E-state index in [9.17, 15) is 9.59 Å². The zero-order valence-electron chi connectivity index (χ0n) is 20.5. The van der Waals surface area contributed by atoms with Crippen LogP contribution in [0.3, 0.4) is 0 Å². The Morgan fingerprint density at radius 2 is 2.03 bits per heavy atom. The van der Waals surface area contributed by atoms with Crippen molar-refractivity contribution < 1.29 is 23.4 Å². The number of nitrogen functional groups attached to an aromatic ring is 1. The summed E-state index contributed by atoms with van der Waals surface area (Å²) < 4.78 is 23.2. The molecule has 0 spiro atoms. The van der Waals surface area contributed by atoms with Crippen LogP contribution in [0.25, 0.3) is 16.4 Å². The summed E-state index contributed by atoms with van der Waals surface area (Å²) in [5.41, 5.74) is 5.11. The fourth-order valence-corrected chi connectivity index (χ4v) is 4.07. The molecule has 1 amide bonds. The van der Waals surface area contributed by atoms with Crippen molar-refractivity contribution in [2.24, 2.45) is 5.41 Å². The topological polar surface area (TPSA) is 170 Å². The normalized spacial score (nSPS) is 11.4. The van der Waals surface area contributed by atoms with Crippen LogP contribution >= 0.6 is 11.3 Å². The number of methoxy groups -OCH3 is 2. The number of carbonyl (C=O) groups is 1. The van der Waals surface area contributed by atoms with Gasteiger partial charge in [0.1, 0.15) is 17.3 Å². The van der Waals surface area contributed by atoms with E-state index in [0.29, 0.717) is 29.0 Å². The molecule has 4 heterocycles. The highest BCUT2D eigenvalue weighted by atomic mass is 32.1. The lowest BCUT2D eigenvalue weighted by atomic mass is 9.96. The van der Waals surface area contributed by atoms with Gasteiger partial charge in [-0.15, -0.1) is 10.2 Å². The molecular formula is C23H25N7O6S. The van der Waals surface area contributed by atoms with Crippen molar-refractivity contribution in [1.29, 1.82) is 0 Å². The Morgan fingerprint density at radius 1 is 1.22 bits per heavy atom. The van der Waals surface area contributed by atoms with Crippen LogP contribution in [0.5, 0.6) is 11.5 Å². The number of nitrogens with two attached hydrogens (primary N) is 1. The van der Waals surface area contributed by atoms with Gasteiger partial charge < -0.3 is 24.4 Å². The Hall–Kier alpha value is -4.30. The molecule has 0 unspecified atom stereocenters. The molecule has 0 radical (unpaired) electrons. The van der Waals surface area contributed by atoms with Crippen LogP contribution in [0.1, 0.15) is 24.4 Å². The summed E-state index contributed by atoms with van der Waals surface area (Å²) in [6.07, 6.45) is 3.05. The number of hydrogen-bond acceptors (Lipinski definition) is 12. The maximum atomic E-state index is 13.0. The number of anilines is 2. The molecule has 0 aliphatic heterocycles. The van der Waals surface area contributed by atoms with E-state index in [0.717, 1.165) is 11.3 Å². The number of rotatable bonds is 10. The van der Waals surface area contributed by atoms with Gasteiger partial charge in [-0.2, -0.15) is 9.78 Å². The standard InChI is InChI=1S/C23H25N7O6S/c1-23(2,11-33-3)12-35-18-13(17-14(34-4)6-5-8-25-17)10-15(36-20(18)32)19(31)27-21-28-29-22(37-21)30-16(24)7-9-26-30/h5-10H,11-12,24H2,1-4H3,(H,27,28,31). The lowest BCUT2D eigenvalue weighted by Crippen LogP contribution is -2.28. The number of nitrogens with zero attached hydrogens (tertiary/aromatic N) is 5. The summed E-state index contributed by atoms with van der Waals surface area (Å²) in [7, 11) is 3.06. The minimum Gasteiger partial charge on any atom is -0.494 e. The molecule has 13 nitrogen and oxygen atoms in total. The molecule has 4 aromatic rings. The van der Waals surface area contributed by atoms with E-state index < -0.39 is 16.9 Å². The molecule has 37 heavy (non-hydrogen) atoms. The lowest BCUT2D eigenvalue weighted by molar-refractivity contribution is 0.0631. The summed E-state index contributed by atoms with van der Waals surface area (Å²) in [5, 5.41) is 15.0. The largest absolute Gasteiger partial charge is 0.494 e. The highest BCUT2D eigenvalue weighted by Crippen LogP contribution is 2.34. The highest BCUT2D eigenvalue weighted by molar-refractivity contribution is 7.17. The number of aromatic nitrogens is 5. The lowest BCUT2D eigenvalue weighted by Gasteiger charge is -2.24. The fraction of sp³-hybridized carbons (Fsp3) is 0.304. The number of ether oxygens (including phenoxy) is 3. The summed E-state index contributed by atoms with van der Waals surface area (Å²) in [4.78, 5) is 30.4. The molecule has 0 atom stereocenters. The van der Waals surface area contributed by atoms with Crippen LogP contribution in [0.15, 0.2) is 45.9 Å². The third-order valence-electron chi connectivity index (χ3n) is 5.01. The van der Waals surface area contributed by atoms with Crippen molar-refractivity contribution in [2.75, 3.05) is 38.5 Å². The van der Waals surface area contributed by atoms with E-state index in [1.165, 1.54) is 30.3 Å². The first-order valence-corrected chi connectivity index (χ1v) is 11.8. The van der Waals surface area contributed by atoms with Crippen LogP contribution in [0.2, 0.25) is 0 Å². The van der Waals surface area contributed by atoms with Gasteiger partial charge >= 0.3 is 5.63 Å². The number of amides is 1. The minimum atomic E-state index is -0.856. The third kappa shape index (κ3) is 5.76. The van der Waals surface area contributed by atoms with Gasteiger partial charge in [-0.25, -0.2) is 4.79 Å². The van der Waals surface area contributed by atoms with Crippen LogP contribution in [-0.4, -0.2) is 58.3 Å². The van der Waals surface area contributed by atoms with Crippen LogP contribution in [0.4, 0.5) is 10.9 Å². The van der Waals surface area contributed by atoms with Crippen molar-refractivity contribution in [3.8, 4) is 27.9 Å². The van der Waals surface area contributed by atoms with E-state index >= 15 is 0 Å². The Balaban J connectivity index is 1.68. The molecule has 194 valence electrons. The van der Waals surface area contributed by atoms with Gasteiger partial charge in [0.25, 0.3) is 5.91 Å². The quantitative estimate of drug-likeness (QED) is 0.311. The van der Waals surface area contributed by atoms with Gasteiger partial charge in [-0.3, -0.25) is 15.1 Å². The zero-order chi connectivity index (χ0) is 26.6. The number of pyridine rings is 1. The Labute approximate surface area is 215 Å². The average Bonchev–Trinajstić information content (AvgIpc) is 3.51. The molecule has 0 fully saturated rings. The number of nitrogens with one attached hydrogen (secondary N) is 1. The molecule has 4 rings (SSSR count). The number of hydrogen-bond donors (Lipinski definition) is 2. The predicted octanol–water partition coefficient (Wildman–Crippen LogP) is 2.63. The Kier molecular flexibility index (Phi) is 7.50. The summed E-state index contributed by atoms with van der Waals surface area (Å²) in [6.45, 7) is 4.39. The Morgan fingerprint density at radius 3 is 2.73 bits per heavy atom. The SMILES string of the molecule is COCC(C)(C)COc1c(-c2ncccc2OC)cc(C(=O)Nc2nnc(-n3nccc3N)s2)oc1=O. The molecule has 4 aromatic heterocycles. The summed E-state index contributed by atoms with van der Waals surface area (Å²) >= 11 is 1.03. The molecule has 0 aliphatic carbocycles. The van der Waals surface area contributed by atoms with Gasteiger partial charge in [0.05, 0.1) is 32.1 Å². The maximum absolute atomic E-state index is 13.0. The monoisotopic (exact) mass is 527 g/mol. The molecule has 0 aliphatic rings. The second kappa shape index (κ2) is 10.8. The van der Waals surface area contributed by atoms with E-state index in [1.54, 1.807) is 25.3 Å². The first-order valence-electron chi connectivity index (χ1n) is 11.0. The second-order valence-electron chi connectivity index (χ2n) is 8.59. The smallest absolute Gasteiger partial charge is 0.379 e. The van der Waals surface area contributed by atoms with Crippen molar-refractivity contribution in [3.05, 3.63) is 52.8 Å². The molecule has 3 N–H and O–H groups in total. The molecular weight excluding hydrogens is 502 g/mol. The average molecular weight is 528 g/mol.